The number of anilines is 3. The third kappa shape index (κ3) is 4.22. The van der Waals surface area contributed by atoms with E-state index >= 15 is 0 Å². The largest absolute Gasteiger partial charge is 0.397 e. The number of rotatable bonds is 4. The second kappa shape index (κ2) is 8.83. The number of nitrogens with zero attached hydrogens (tertiary/aromatic N) is 3. The van der Waals surface area contributed by atoms with E-state index < -0.39 is 34.6 Å². The molecule has 3 aromatic rings. The topological polar surface area (TPSA) is 110 Å². The SMILES string of the molecule is Nc1cc(F)c(-c2c(F)cccc2F)nc1C(=O)Nc1cnccc1N1CCCC(N)C1. The number of carbonyl (C=O) groups excluding carboxylic acids is 1. The van der Waals surface area contributed by atoms with Crippen LogP contribution < -0.4 is 21.7 Å². The molecule has 7 nitrogen and oxygen atoms in total. The number of nitrogens with two attached hydrogens (primary N) is 2. The molecule has 1 aliphatic rings. The fourth-order valence-corrected chi connectivity index (χ4v) is 3.75. The summed E-state index contributed by atoms with van der Waals surface area (Å²) in [5.74, 6) is -3.84. The summed E-state index contributed by atoms with van der Waals surface area (Å²) >= 11 is 0. The fourth-order valence-electron chi connectivity index (χ4n) is 3.75. The third-order valence-electron chi connectivity index (χ3n) is 5.26. The zero-order valence-electron chi connectivity index (χ0n) is 17.0. The van der Waals surface area contributed by atoms with Crippen molar-refractivity contribution in [3.63, 3.8) is 0 Å². The van der Waals surface area contributed by atoms with Gasteiger partial charge in [0.15, 0.2) is 11.5 Å². The lowest BCUT2D eigenvalue weighted by Crippen LogP contribution is -2.43. The van der Waals surface area contributed by atoms with Crippen molar-refractivity contribution in [2.75, 3.05) is 29.0 Å². The van der Waals surface area contributed by atoms with Crippen molar-refractivity contribution in [2.24, 2.45) is 5.73 Å². The number of nitrogens with one attached hydrogen (secondary N) is 1. The third-order valence-corrected chi connectivity index (χ3v) is 5.26. The first kappa shape index (κ1) is 21.6. The molecular weight excluding hydrogens is 421 g/mol. The molecule has 1 saturated heterocycles. The maximum atomic E-state index is 14.5. The van der Waals surface area contributed by atoms with Crippen molar-refractivity contribution in [2.45, 2.75) is 18.9 Å². The quantitative estimate of drug-likeness (QED) is 0.572. The molecule has 1 unspecified atom stereocenters. The van der Waals surface area contributed by atoms with Gasteiger partial charge in [0, 0.05) is 31.4 Å². The second-order valence-corrected chi connectivity index (χ2v) is 7.55. The van der Waals surface area contributed by atoms with Gasteiger partial charge < -0.3 is 21.7 Å². The molecule has 1 aromatic carbocycles. The van der Waals surface area contributed by atoms with E-state index in [2.05, 4.69) is 15.3 Å². The highest BCUT2D eigenvalue weighted by atomic mass is 19.1. The second-order valence-electron chi connectivity index (χ2n) is 7.55. The smallest absolute Gasteiger partial charge is 0.276 e. The van der Waals surface area contributed by atoms with Crippen molar-refractivity contribution < 1.29 is 18.0 Å². The number of amides is 1. The van der Waals surface area contributed by atoms with Crippen LogP contribution >= 0.6 is 0 Å². The van der Waals surface area contributed by atoms with Gasteiger partial charge in [0.25, 0.3) is 5.91 Å². The van der Waals surface area contributed by atoms with Gasteiger partial charge in [-0.15, -0.1) is 0 Å². The molecule has 0 bridgehead atoms. The summed E-state index contributed by atoms with van der Waals surface area (Å²) in [4.78, 5) is 22.9. The summed E-state index contributed by atoms with van der Waals surface area (Å²) in [5, 5.41) is 2.67. The molecule has 10 heteroatoms. The minimum atomic E-state index is -1.05. The van der Waals surface area contributed by atoms with Crippen molar-refractivity contribution in [1.29, 1.82) is 0 Å². The van der Waals surface area contributed by atoms with Crippen LogP contribution in [-0.2, 0) is 0 Å². The Kier molecular flexibility index (Phi) is 5.95. The van der Waals surface area contributed by atoms with Gasteiger partial charge >= 0.3 is 0 Å². The summed E-state index contributed by atoms with van der Waals surface area (Å²) in [6.45, 7) is 1.37. The predicted octanol–water partition coefficient (Wildman–Crippen LogP) is 3.32. The predicted molar refractivity (Wildman–Crippen MR) is 116 cm³/mol. The number of hydrogen-bond donors (Lipinski definition) is 3. The molecule has 4 rings (SSSR count). The maximum Gasteiger partial charge on any atom is 0.276 e. The van der Waals surface area contributed by atoms with Crippen LogP contribution in [0.1, 0.15) is 23.3 Å². The van der Waals surface area contributed by atoms with Crippen LogP contribution in [0.15, 0.2) is 42.7 Å². The molecule has 0 radical (unpaired) electrons. The zero-order valence-corrected chi connectivity index (χ0v) is 17.0. The number of hydrogen-bond acceptors (Lipinski definition) is 6. The summed E-state index contributed by atoms with van der Waals surface area (Å²) in [6, 6.07) is 5.66. The van der Waals surface area contributed by atoms with Crippen molar-refractivity contribution >= 4 is 23.0 Å². The maximum absolute atomic E-state index is 14.5. The lowest BCUT2D eigenvalue weighted by molar-refractivity contribution is 0.102. The van der Waals surface area contributed by atoms with Crippen LogP contribution in [0.3, 0.4) is 0 Å². The Morgan fingerprint density at radius 2 is 1.91 bits per heavy atom. The van der Waals surface area contributed by atoms with Crippen molar-refractivity contribution in [1.82, 2.24) is 9.97 Å². The van der Waals surface area contributed by atoms with E-state index in [4.69, 9.17) is 11.5 Å². The van der Waals surface area contributed by atoms with Crippen LogP contribution in [0.4, 0.5) is 30.2 Å². The molecule has 0 aliphatic carbocycles. The Bertz CT molecular complexity index is 1150. The first-order valence-corrected chi connectivity index (χ1v) is 10.0. The lowest BCUT2D eigenvalue weighted by atomic mass is 10.1. The van der Waals surface area contributed by atoms with Crippen LogP contribution in [0.5, 0.6) is 0 Å². The van der Waals surface area contributed by atoms with E-state index in [-0.39, 0.29) is 17.4 Å². The van der Waals surface area contributed by atoms with Gasteiger partial charge in [0.1, 0.15) is 17.3 Å². The Morgan fingerprint density at radius 3 is 2.62 bits per heavy atom. The molecule has 0 spiro atoms. The Labute approximate surface area is 182 Å². The highest BCUT2D eigenvalue weighted by Crippen LogP contribution is 2.31. The number of benzene rings is 1. The Balaban J connectivity index is 1.68. The number of pyridine rings is 2. The number of aromatic nitrogens is 2. The van der Waals surface area contributed by atoms with E-state index in [9.17, 15) is 18.0 Å². The van der Waals surface area contributed by atoms with Crippen LogP contribution in [0.25, 0.3) is 11.3 Å². The van der Waals surface area contributed by atoms with E-state index in [1.54, 1.807) is 12.3 Å². The van der Waals surface area contributed by atoms with Gasteiger partial charge in [-0.25, -0.2) is 18.2 Å². The minimum Gasteiger partial charge on any atom is -0.397 e. The van der Waals surface area contributed by atoms with E-state index in [1.807, 2.05) is 4.90 Å². The monoisotopic (exact) mass is 442 g/mol. The van der Waals surface area contributed by atoms with Crippen molar-refractivity contribution in [3.8, 4) is 11.3 Å². The normalized spacial score (nSPS) is 16.1. The molecule has 3 heterocycles. The van der Waals surface area contributed by atoms with Crippen LogP contribution in [-0.4, -0.2) is 35.0 Å². The molecule has 5 N–H and O–H groups in total. The van der Waals surface area contributed by atoms with Gasteiger partial charge in [0.2, 0.25) is 0 Å². The molecule has 1 aliphatic heterocycles. The van der Waals surface area contributed by atoms with E-state index in [0.29, 0.717) is 17.9 Å². The van der Waals surface area contributed by atoms with Gasteiger partial charge in [-0.2, -0.15) is 0 Å². The van der Waals surface area contributed by atoms with Gasteiger partial charge in [0.05, 0.1) is 28.8 Å². The fraction of sp³-hybridized carbons (Fsp3) is 0.227. The van der Waals surface area contributed by atoms with Crippen molar-refractivity contribution in [3.05, 3.63) is 65.9 Å². The first-order valence-electron chi connectivity index (χ1n) is 10.0. The molecule has 0 saturated carbocycles. The van der Waals surface area contributed by atoms with Gasteiger partial charge in [-0.3, -0.25) is 9.78 Å². The molecule has 32 heavy (non-hydrogen) atoms. The molecule has 1 amide bonds. The molecule has 166 valence electrons. The van der Waals surface area contributed by atoms with Crippen LogP contribution in [0.2, 0.25) is 0 Å². The molecule has 2 aromatic heterocycles. The summed E-state index contributed by atoms with van der Waals surface area (Å²) in [6.07, 6.45) is 4.87. The highest BCUT2D eigenvalue weighted by Gasteiger charge is 2.24. The Morgan fingerprint density at radius 1 is 1.16 bits per heavy atom. The summed E-state index contributed by atoms with van der Waals surface area (Å²) < 4.78 is 42.8. The highest BCUT2D eigenvalue weighted by molar-refractivity contribution is 6.08. The van der Waals surface area contributed by atoms with Crippen LogP contribution in [0, 0.1) is 17.5 Å². The average Bonchev–Trinajstić information content (AvgIpc) is 2.75. The molecule has 1 atom stereocenters. The molecule has 1 fully saturated rings. The molecular formula is C22H21F3N6O. The standard InChI is InChI=1S/C22H21F3N6O/c23-13-4-1-5-14(24)19(13)20-15(25)9-16(27)21(30-20)22(32)29-17-10-28-7-6-18(17)31-8-2-3-12(26)11-31/h1,4-7,9-10,12H,2-3,8,11,26-27H2,(H,29,32). The Hall–Kier alpha value is -3.66. The average molecular weight is 442 g/mol. The number of nitrogen functional groups attached to an aromatic ring is 1. The first-order chi connectivity index (χ1) is 15.3. The zero-order chi connectivity index (χ0) is 22.8. The van der Waals surface area contributed by atoms with E-state index in [1.165, 1.54) is 6.20 Å². The number of carbonyl (C=O) groups is 1. The lowest BCUT2D eigenvalue weighted by Gasteiger charge is -2.33. The van der Waals surface area contributed by atoms with Gasteiger partial charge in [-0.1, -0.05) is 6.07 Å². The summed E-state index contributed by atoms with van der Waals surface area (Å²) in [7, 11) is 0. The minimum absolute atomic E-state index is 0.00750. The summed E-state index contributed by atoms with van der Waals surface area (Å²) in [5.41, 5.74) is 11.0. The number of piperidine rings is 1. The van der Waals surface area contributed by atoms with Gasteiger partial charge in [-0.05, 0) is 31.0 Å². The van der Waals surface area contributed by atoms with E-state index in [0.717, 1.165) is 43.7 Å². The number of halogens is 3.